The number of halogens is 2. The molecule has 0 radical (unpaired) electrons. The highest BCUT2D eigenvalue weighted by Gasteiger charge is 2.34. The third kappa shape index (κ3) is 3.09. The topological polar surface area (TPSA) is 63.4 Å². The van der Waals surface area contributed by atoms with Crippen molar-refractivity contribution >= 4 is 15.7 Å². The molecule has 20 heavy (non-hydrogen) atoms. The zero-order valence-corrected chi connectivity index (χ0v) is 13.1. The molecule has 0 bridgehead atoms. The Kier molecular flexibility index (Phi) is 4.46. The SMILES string of the molecule is CC(N(C)S(=O)(=O)c1cc(N)cc(F)c1F)C(C)(C)C. The van der Waals surface area contributed by atoms with E-state index in [9.17, 15) is 17.2 Å². The monoisotopic (exact) mass is 306 g/mol. The third-order valence-electron chi connectivity index (χ3n) is 3.47. The largest absolute Gasteiger partial charge is 0.399 e. The normalized spacial score (nSPS) is 14.6. The van der Waals surface area contributed by atoms with Gasteiger partial charge in [0.15, 0.2) is 11.6 Å². The van der Waals surface area contributed by atoms with Gasteiger partial charge in [-0.25, -0.2) is 17.2 Å². The predicted octanol–water partition coefficient (Wildman–Crippen LogP) is 2.60. The van der Waals surface area contributed by atoms with Gasteiger partial charge in [0.1, 0.15) is 4.90 Å². The molecule has 1 unspecified atom stereocenters. The molecule has 1 rings (SSSR count). The Hall–Kier alpha value is -1.21. The van der Waals surface area contributed by atoms with Crippen LogP contribution in [0.4, 0.5) is 14.5 Å². The fourth-order valence-electron chi connectivity index (χ4n) is 1.68. The van der Waals surface area contributed by atoms with Crippen molar-refractivity contribution in [2.24, 2.45) is 5.41 Å². The quantitative estimate of drug-likeness (QED) is 0.873. The van der Waals surface area contributed by atoms with Crippen LogP contribution in [-0.2, 0) is 10.0 Å². The molecule has 1 aromatic carbocycles. The second kappa shape index (κ2) is 5.29. The van der Waals surface area contributed by atoms with Gasteiger partial charge in [-0.3, -0.25) is 0 Å². The van der Waals surface area contributed by atoms with Gasteiger partial charge >= 0.3 is 0 Å². The van der Waals surface area contributed by atoms with Crippen LogP contribution in [0.5, 0.6) is 0 Å². The van der Waals surface area contributed by atoms with Crippen LogP contribution in [0.15, 0.2) is 17.0 Å². The smallest absolute Gasteiger partial charge is 0.246 e. The van der Waals surface area contributed by atoms with Crippen LogP contribution < -0.4 is 5.73 Å². The van der Waals surface area contributed by atoms with Gasteiger partial charge in [-0.15, -0.1) is 0 Å². The molecule has 114 valence electrons. The van der Waals surface area contributed by atoms with Gasteiger partial charge in [0, 0.05) is 18.8 Å². The van der Waals surface area contributed by atoms with E-state index in [0.29, 0.717) is 0 Å². The maximum Gasteiger partial charge on any atom is 0.246 e. The van der Waals surface area contributed by atoms with Gasteiger partial charge < -0.3 is 5.73 Å². The molecule has 4 nitrogen and oxygen atoms in total. The van der Waals surface area contributed by atoms with E-state index in [-0.39, 0.29) is 11.1 Å². The van der Waals surface area contributed by atoms with Gasteiger partial charge in [-0.1, -0.05) is 20.8 Å². The van der Waals surface area contributed by atoms with Crippen LogP contribution in [0, 0.1) is 17.0 Å². The number of hydrogen-bond donors (Lipinski definition) is 1. The minimum absolute atomic E-state index is 0.140. The lowest BCUT2D eigenvalue weighted by Gasteiger charge is -2.34. The molecule has 0 fully saturated rings. The third-order valence-corrected chi connectivity index (χ3v) is 5.40. The van der Waals surface area contributed by atoms with Crippen LogP contribution in [0.2, 0.25) is 0 Å². The summed E-state index contributed by atoms with van der Waals surface area (Å²) >= 11 is 0. The van der Waals surface area contributed by atoms with Crippen molar-refractivity contribution in [3.05, 3.63) is 23.8 Å². The summed E-state index contributed by atoms with van der Waals surface area (Å²) in [6.45, 7) is 7.29. The maximum atomic E-state index is 13.8. The van der Waals surface area contributed by atoms with Crippen LogP contribution in [0.25, 0.3) is 0 Å². The molecule has 1 aromatic rings. The van der Waals surface area contributed by atoms with Crippen molar-refractivity contribution in [2.45, 2.75) is 38.6 Å². The second-order valence-corrected chi connectivity index (χ2v) is 7.84. The summed E-state index contributed by atoms with van der Waals surface area (Å²) in [4.78, 5) is -0.742. The Bertz CT molecular complexity index is 610. The van der Waals surface area contributed by atoms with Crippen LogP contribution >= 0.6 is 0 Å². The number of nitrogens with zero attached hydrogens (tertiary/aromatic N) is 1. The van der Waals surface area contributed by atoms with Crippen molar-refractivity contribution in [2.75, 3.05) is 12.8 Å². The average molecular weight is 306 g/mol. The van der Waals surface area contributed by atoms with E-state index in [0.717, 1.165) is 16.4 Å². The summed E-state index contributed by atoms with van der Waals surface area (Å²) in [6, 6.07) is 1.28. The van der Waals surface area contributed by atoms with Gasteiger partial charge in [0.2, 0.25) is 10.0 Å². The Morgan fingerprint density at radius 3 is 2.20 bits per heavy atom. The molecular weight excluding hydrogens is 286 g/mol. The van der Waals surface area contributed by atoms with Gasteiger partial charge in [0.25, 0.3) is 0 Å². The first-order chi connectivity index (χ1) is 8.89. The first-order valence-corrected chi connectivity index (χ1v) is 7.55. The summed E-state index contributed by atoms with van der Waals surface area (Å²) in [7, 11) is -2.82. The van der Waals surface area contributed by atoms with Crippen molar-refractivity contribution in [1.82, 2.24) is 4.31 Å². The Morgan fingerprint density at radius 1 is 1.25 bits per heavy atom. The van der Waals surface area contributed by atoms with Crippen LogP contribution in [0.1, 0.15) is 27.7 Å². The standard InChI is InChI=1S/C13H20F2N2O2S/c1-8(13(2,3)4)17(5)20(18,19)11-7-9(16)6-10(14)12(11)15/h6-8H,16H2,1-5H3. The fraction of sp³-hybridized carbons (Fsp3) is 0.538. The zero-order chi connectivity index (χ0) is 15.9. The zero-order valence-electron chi connectivity index (χ0n) is 12.2. The van der Waals surface area contributed by atoms with Gasteiger partial charge in [0.05, 0.1) is 0 Å². The number of anilines is 1. The molecule has 1 atom stereocenters. The molecule has 0 heterocycles. The molecule has 7 heteroatoms. The number of hydrogen-bond acceptors (Lipinski definition) is 3. The highest BCUT2D eigenvalue weighted by molar-refractivity contribution is 7.89. The predicted molar refractivity (Wildman–Crippen MR) is 74.6 cm³/mol. The van der Waals surface area contributed by atoms with E-state index in [1.165, 1.54) is 7.05 Å². The lowest BCUT2D eigenvalue weighted by molar-refractivity contribution is 0.216. The molecule has 0 saturated heterocycles. The van der Waals surface area contributed by atoms with E-state index in [1.807, 2.05) is 20.8 Å². The van der Waals surface area contributed by atoms with Gasteiger partial charge in [-0.05, 0) is 24.5 Å². The minimum atomic E-state index is -4.16. The lowest BCUT2D eigenvalue weighted by Crippen LogP contribution is -2.43. The molecule has 0 saturated carbocycles. The lowest BCUT2D eigenvalue weighted by atomic mass is 9.88. The summed E-state index contributed by atoms with van der Waals surface area (Å²) in [6.07, 6.45) is 0. The van der Waals surface area contributed by atoms with E-state index >= 15 is 0 Å². The van der Waals surface area contributed by atoms with Crippen molar-refractivity contribution in [1.29, 1.82) is 0 Å². The first kappa shape index (κ1) is 16.8. The molecular formula is C13H20F2N2O2S. The fourth-order valence-corrected chi connectivity index (χ4v) is 3.33. The molecule has 0 aliphatic carbocycles. The van der Waals surface area contributed by atoms with E-state index in [4.69, 9.17) is 5.73 Å². The molecule has 0 aromatic heterocycles. The average Bonchev–Trinajstić information content (AvgIpc) is 2.30. The Morgan fingerprint density at radius 2 is 1.75 bits per heavy atom. The highest BCUT2D eigenvalue weighted by Crippen LogP contribution is 2.30. The van der Waals surface area contributed by atoms with E-state index in [2.05, 4.69) is 0 Å². The number of nitrogens with two attached hydrogens (primary N) is 1. The summed E-state index contributed by atoms with van der Waals surface area (Å²) in [5.41, 5.74) is 4.91. The molecule has 0 amide bonds. The Labute approximate surface area is 118 Å². The Balaban J connectivity index is 3.38. The van der Waals surface area contributed by atoms with Crippen molar-refractivity contribution < 1.29 is 17.2 Å². The number of rotatable bonds is 3. The maximum absolute atomic E-state index is 13.8. The van der Waals surface area contributed by atoms with Crippen LogP contribution in [-0.4, -0.2) is 25.8 Å². The molecule has 0 aliphatic rings. The van der Waals surface area contributed by atoms with E-state index in [1.54, 1.807) is 6.92 Å². The first-order valence-electron chi connectivity index (χ1n) is 6.11. The number of benzene rings is 1. The van der Waals surface area contributed by atoms with Crippen LogP contribution in [0.3, 0.4) is 0 Å². The number of nitrogen functional groups attached to an aromatic ring is 1. The number of sulfonamides is 1. The second-order valence-electron chi connectivity index (χ2n) is 5.88. The summed E-state index contributed by atoms with van der Waals surface area (Å²) in [5.74, 6) is -2.69. The molecule has 0 spiro atoms. The summed E-state index contributed by atoms with van der Waals surface area (Å²) < 4.78 is 52.9. The minimum Gasteiger partial charge on any atom is -0.399 e. The highest BCUT2D eigenvalue weighted by atomic mass is 32.2. The molecule has 2 N–H and O–H groups in total. The van der Waals surface area contributed by atoms with Crippen molar-refractivity contribution in [3.8, 4) is 0 Å². The summed E-state index contributed by atoms with van der Waals surface area (Å²) in [5, 5.41) is 0. The molecule has 0 aliphatic heterocycles. The van der Waals surface area contributed by atoms with Crippen molar-refractivity contribution in [3.63, 3.8) is 0 Å². The van der Waals surface area contributed by atoms with Gasteiger partial charge in [-0.2, -0.15) is 4.31 Å². The van der Waals surface area contributed by atoms with E-state index < -0.39 is 32.6 Å².